The Bertz CT molecular complexity index is 1640. The molecular weight excluding hydrogens is 1010 g/mol. The van der Waals surface area contributed by atoms with Gasteiger partial charge in [0.2, 0.25) is 0 Å². The van der Waals surface area contributed by atoms with Gasteiger partial charge in [-0.2, -0.15) is 0 Å². The molecule has 0 bridgehead atoms. The van der Waals surface area contributed by atoms with Crippen LogP contribution < -0.4 is 0 Å². The monoisotopic (exact) mass is 1140 g/mol. The minimum Gasteiger partial charge on any atom is -0.462 e. The van der Waals surface area contributed by atoms with E-state index in [2.05, 4.69) is 130 Å². The molecule has 0 aromatic heterocycles. The second-order valence-electron chi connectivity index (χ2n) is 23.0. The van der Waals surface area contributed by atoms with E-state index in [1.165, 1.54) is 154 Å². The number of unbranched alkanes of at least 4 members (excludes halogenated alkanes) is 34. The number of hydrogen-bond donors (Lipinski definition) is 0. The molecule has 6 nitrogen and oxygen atoms in total. The Morgan fingerprint density at radius 1 is 0.256 bits per heavy atom. The highest BCUT2D eigenvalue weighted by Crippen LogP contribution is 2.17. The summed E-state index contributed by atoms with van der Waals surface area (Å²) < 4.78 is 17.0. The lowest BCUT2D eigenvalue weighted by atomic mass is 10.0. The van der Waals surface area contributed by atoms with Gasteiger partial charge in [0.15, 0.2) is 6.10 Å². The van der Waals surface area contributed by atoms with Gasteiger partial charge in [0.1, 0.15) is 13.2 Å². The maximum absolute atomic E-state index is 13.0. The average molecular weight is 1140 g/mol. The third-order valence-electron chi connectivity index (χ3n) is 15.0. The van der Waals surface area contributed by atoms with Crippen LogP contribution in [0.2, 0.25) is 0 Å². The van der Waals surface area contributed by atoms with Gasteiger partial charge in [-0.15, -0.1) is 0 Å². The number of ether oxygens (including phenoxy) is 3. The largest absolute Gasteiger partial charge is 0.462 e. The number of esters is 3. The van der Waals surface area contributed by atoms with Crippen molar-refractivity contribution in [3.63, 3.8) is 0 Å². The highest BCUT2D eigenvalue weighted by molar-refractivity contribution is 5.71. The first-order valence-electron chi connectivity index (χ1n) is 34.9. The van der Waals surface area contributed by atoms with Crippen LogP contribution in [-0.4, -0.2) is 37.2 Å². The van der Waals surface area contributed by atoms with Gasteiger partial charge < -0.3 is 14.2 Å². The van der Waals surface area contributed by atoms with Crippen LogP contribution in [0.15, 0.2) is 109 Å². The van der Waals surface area contributed by atoms with Crippen molar-refractivity contribution in [1.29, 1.82) is 0 Å². The van der Waals surface area contributed by atoms with Crippen LogP contribution >= 0.6 is 0 Å². The molecule has 0 heterocycles. The minimum atomic E-state index is -0.795. The average Bonchev–Trinajstić information content (AvgIpc) is 3.47. The first-order valence-corrected chi connectivity index (χ1v) is 34.9. The molecule has 1 unspecified atom stereocenters. The normalized spacial score (nSPS) is 12.8. The molecule has 82 heavy (non-hydrogen) atoms. The number of allylic oxidation sites excluding steroid dienone is 18. The van der Waals surface area contributed by atoms with E-state index in [1.54, 1.807) is 0 Å². The Balaban J connectivity index is 4.42. The minimum absolute atomic E-state index is 0.0869. The van der Waals surface area contributed by atoms with Crippen molar-refractivity contribution in [2.24, 2.45) is 0 Å². The maximum atomic E-state index is 13.0. The van der Waals surface area contributed by atoms with E-state index in [1.807, 2.05) is 0 Å². The molecule has 0 aromatic carbocycles. The molecule has 0 rings (SSSR count). The van der Waals surface area contributed by atoms with E-state index in [0.717, 1.165) is 141 Å². The van der Waals surface area contributed by atoms with E-state index in [0.29, 0.717) is 19.3 Å². The molecule has 6 heteroatoms. The van der Waals surface area contributed by atoms with Crippen LogP contribution in [0.5, 0.6) is 0 Å². The van der Waals surface area contributed by atoms with E-state index in [9.17, 15) is 14.4 Å². The van der Waals surface area contributed by atoms with Gasteiger partial charge in [-0.05, 0) is 103 Å². The molecule has 0 aliphatic heterocycles. The zero-order valence-electron chi connectivity index (χ0n) is 54.0. The van der Waals surface area contributed by atoms with Gasteiger partial charge in [0.25, 0.3) is 0 Å². The van der Waals surface area contributed by atoms with Gasteiger partial charge >= 0.3 is 17.9 Å². The third-order valence-corrected chi connectivity index (χ3v) is 15.0. The predicted octanol–water partition coefficient (Wildman–Crippen LogP) is 24.2. The summed E-state index contributed by atoms with van der Waals surface area (Å²) in [5.41, 5.74) is 0. The van der Waals surface area contributed by atoms with Gasteiger partial charge in [-0.25, -0.2) is 0 Å². The molecule has 1 atom stereocenters. The fourth-order valence-corrected chi connectivity index (χ4v) is 9.88. The zero-order chi connectivity index (χ0) is 59.2. The smallest absolute Gasteiger partial charge is 0.306 e. The highest BCUT2D eigenvalue weighted by atomic mass is 16.6. The summed E-state index contributed by atoms with van der Waals surface area (Å²) in [6.07, 6.45) is 95.3. The van der Waals surface area contributed by atoms with E-state index >= 15 is 0 Å². The highest BCUT2D eigenvalue weighted by Gasteiger charge is 2.19. The Morgan fingerprint density at radius 3 is 0.744 bits per heavy atom. The van der Waals surface area contributed by atoms with Crippen LogP contribution in [0.4, 0.5) is 0 Å². The molecule has 0 saturated heterocycles. The Hall–Kier alpha value is -3.93. The van der Waals surface area contributed by atoms with Crippen molar-refractivity contribution in [3.05, 3.63) is 109 Å². The van der Waals surface area contributed by atoms with Crippen LogP contribution in [-0.2, 0) is 28.6 Å². The van der Waals surface area contributed by atoms with Crippen LogP contribution in [0.1, 0.15) is 335 Å². The third kappa shape index (κ3) is 66.9. The topological polar surface area (TPSA) is 78.9 Å². The van der Waals surface area contributed by atoms with Crippen molar-refractivity contribution in [2.75, 3.05) is 13.2 Å². The molecule has 0 fully saturated rings. The molecule has 0 saturated carbocycles. The molecule has 0 spiro atoms. The van der Waals surface area contributed by atoms with Crippen LogP contribution in [0.3, 0.4) is 0 Å². The Morgan fingerprint density at radius 2 is 0.476 bits per heavy atom. The summed E-state index contributed by atoms with van der Waals surface area (Å²) in [6.45, 7) is 6.44. The van der Waals surface area contributed by atoms with E-state index in [4.69, 9.17) is 14.2 Å². The van der Waals surface area contributed by atoms with Gasteiger partial charge in [-0.3, -0.25) is 14.4 Å². The summed E-state index contributed by atoms with van der Waals surface area (Å²) in [5, 5.41) is 0. The Labute approximate surface area is 508 Å². The molecule has 0 aromatic rings. The molecule has 470 valence electrons. The molecule has 0 radical (unpaired) electrons. The first-order chi connectivity index (χ1) is 40.5. The van der Waals surface area contributed by atoms with Gasteiger partial charge in [0.05, 0.1) is 0 Å². The second kappa shape index (κ2) is 69.6. The van der Waals surface area contributed by atoms with Crippen molar-refractivity contribution >= 4 is 17.9 Å². The number of hydrogen-bond acceptors (Lipinski definition) is 6. The van der Waals surface area contributed by atoms with Crippen molar-refractivity contribution in [1.82, 2.24) is 0 Å². The summed E-state index contributed by atoms with van der Waals surface area (Å²) in [6, 6.07) is 0. The van der Waals surface area contributed by atoms with Crippen molar-refractivity contribution < 1.29 is 28.6 Å². The fourth-order valence-electron chi connectivity index (χ4n) is 9.88. The Kier molecular flexibility index (Phi) is 66.2. The maximum Gasteiger partial charge on any atom is 0.306 e. The van der Waals surface area contributed by atoms with Gasteiger partial charge in [-0.1, -0.05) is 323 Å². The van der Waals surface area contributed by atoms with Crippen LogP contribution in [0.25, 0.3) is 0 Å². The molecule has 0 amide bonds. The number of carbonyl (C=O) groups is 3. The fraction of sp³-hybridized carbons (Fsp3) is 0.724. The summed E-state index contributed by atoms with van der Waals surface area (Å²) >= 11 is 0. The van der Waals surface area contributed by atoms with Crippen molar-refractivity contribution in [3.8, 4) is 0 Å². The SMILES string of the molecule is CC/C=C\C/C=C\C/C=C\C/C=C\C/C=C\CCCCCCCC(=O)OC(COC(=O)CCCCCCCCCC/C=C\C/C=C\C/C=C\C/C=C\CC)COC(=O)CCCCCCCCCCCCCCCCCCCCCCCC. The lowest BCUT2D eigenvalue weighted by Crippen LogP contribution is -2.30. The second-order valence-corrected chi connectivity index (χ2v) is 23.0. The molecule has 0 aliphatic rings. The quantitative estimate of drug-likeness (QED) is 0.0261. The molecular formula is C76H130O6. The predicted molar refractivity (Wildman–Crippen MR) is 357 cm³/mol. The summed E-state index contributed by atoms with van der Waals surface area (Å²) in [7, 11) is 0. The standard InChI is InChI=1S/C76H130O6/c1-4-7-10-13-16-19-22-25-28-31-34-37-40-42-45-48-51-54-57-60-63-66-69-75(78)81-72-73(82-76(79)70-67-64-61-58-55-52-49-46-43-39-36-33-30-27-24-21-18-15-12-9-6-3)71-80-74(77)68-65-62-59-56-53-50-47-44-41-38-35-32-29-26-23-20-17-14-11-8-5-2/h8-9,11-12,17-18,20-21,26-27,29-30,35-36,38-39,46,49,73H,4-7,10,13-16,19,22-25,28,31-34,37,40-45,47-48,50-72H2,1-3H3/b11-8-,12-9-,20-17-,21-18-,29-26-,30-27-,38-35-,39-36-,49-46-. The molecule has 0 aliphatic carbocycles. The van der Waals surface area contributed by atoms with E-state index in [-0.39, 0.29) is 31.1 Å². The summed E-state index contributed by atoms with van der Waals surface area (Å²) in [5.74, 6) is -0.899. The van der Waals surface area contributed by atoms with Crippen LogP contribution in [0, 0.1) is 0 Å². The molecule has 0 N–H and O–H groups in total. The van der Waals surface area contributed by atoms with Gasteiger partial charge in [0, 0.05) is 19.3 Å². The lowest BCUT2D eigenvalue weighted by Gasteiger charge is -2.18. The lowest BCUT2D eigenvalue weighted by molar-refractivity contribution is -0.167. The van der Waals surface area contributed by atoms with Crippen molar-refractivity contribution in [2.45, 2.75) is 341 Å². The number of carbonyl (C=O) groups excluding carboxylic acids is 3. The number of rotatable bonds is 63. The zero-order valence-corrected chi connectivity index (χ0v) is 54.0. The van der Waals surface area contributed by atoms with E-state index < -0.39 is 6.10 Å². The first kappa shape index (κ1) is 78.1. The summed E-state index contributed by atoms with van der Waals surface area (Å²) in [4.78, 5) is 38.5.